The second-order valence-electron chi connectivity index (χ2n) is 3.86. The van der Waals surface area contributed by atoms with Gasteiger partial charge < -0.3 is 14.8 Å². The summed E-state index contributed by atoms with van der Waals surface area (Å²) in [5, 5.41) is 2.99. The molecule has 0 amide bonds. The molecule has 1 unspecified atom stereocenters. The van der Waals surface area contributed by atoms with Crippen LogP contribution in [-0.2, 0) is 4.74 Å². The van der Waals surface area contributed by atoms with Crippen LogP contribution in [0.3, 0.4) is 0 Å². The van der Waals surface area contributed by atoms with E-state index in [0.717, 1.165) is 0 Å². The first-order valence-corrected chi connectivity index (χ1v) is 5.90. The minimum Gasteiger partial charge on any atom is -0.462 e. The van der Waals surface area contributed by atoms with E-state index in [4.69, 9.17) is 9.47 Å². The first-order valence-electron chi connectivity index (χ1n) is 5.90. The Morgan fingerprint density at radius 3 is 2.83 bits per heavy atom. The summed E-state index contributed by atoms with van der Waals surface area (Å²) in [6.45, 7) is 6.42. The largest absolute Gasteiger partial charge is 0.462 e. The van der Waals surface area contributed by atoms with Gasteiger partial charge in [-0.15, -0.1) is 0 Å². The van der Waals surface area contributed by atoms with E-state index < -0.39 is 5.97 Å². The fourth-order valence-corrected chi connectivity index (χ4v) is 1.42. The second-order valence-corrected chi connectivity index (χ2v) is 3.86. The summed E-state index contributed by atoms with van der Waals surface area (Å²) in [6.07, 6.45) is 1.39. The molecule has 6 heteroatoms. The highest BCUT2D eigenvalue weighted by Gasteiger charge is 2.14. The quantitative estimate of drug-likeness (QED) is 0.761. The molecule has 1 aromatic rings. The SMILES string of the molecule is CCOC(=O)c1cnc(OC(C)CNC)nc1C. The van der Waals surface area contributed by atoms with E-state index in [0.29, 0.717) is 24.4 Å². The average molecular weight is 253 g/mol. The lowest BCUT2D eigenvalue weighted by Gasteiger charge is -2.13. The van der Waals surface area contributed by atoms with Crippen molar-refractivity contribution in [3.8, 4) is 6.01 Å². The van der Waals surface area contributed by atoms with Gasteiger partial charge in [-0.1, -0.05) is 0 Å². The molecule has 1 heterocycles. The Balaban J connectivity index is 2.76. The number of carbonyl (C=O) groups is 1. The van der Waals surface area contributed by atoms with Gasteiger partial charge in [-0.25, -0.2) is 9.78 Å². The molecule has 18 heavy (non-hydrogen) atoms. The molecule has 0 aliphatic rings. The van der Waals surface area contributed by atoms with Crippen LogP contribution in [0.15, 0.2) is 6.20 Å². The number of aromatic nitrogens is 2. The summed E-state index contributed by atoms with van der Waals surface area (Å²) in [4.78, 5) is 19.7. The van der Waals surface area contributed by atoms with Gasteiger partial charge in [0.2, 0.25) is 0 Å². The number of esters is 1. The van der Waals surface area contributed by atoms with Gasteiger partial charge in [0.1, 0.15) is 6.10 Å². The summed E-state index contributed by atoms with van der Waals surface area (Å²) in [6, 6.07) is 0.267. The monoisotopic (exact) mass is 253 g/mol. The number of hydrogen-bond donors (Lipinski definition) is 1. The Labute approximate surface area is 107 Å². The zero-order chi connectivity index (χ0) is 13.5. The summed E-state index contributed by atoms with van der Waals surface area (Å²) in [5.41, 5.74) is 0.917. The van der Waals surface area contributed by atoms with Crippen molar-refractivity contribution in [2.75, 3.05) is 20.2 Å². The van der Waals surface area contributed by atoms with Crippen LogP contribution in [0.1, 0.15) is 29.9 Å². The van der Waals surface area contributed by atoms with Crippen molar-refractivity contribution >= 4 is 5.97 Å². The molecule has 1 rings (SSSR count). The van der Waals surface area contributed by atoms with E-state index in [1.165, 1.54) is 6.20 Å². The molecule has 0 saturated heterocycles. The topological polar surface area (TPSA) is 73.3 Å². The highest BCUT2D eigenvalue weighted by Crippen LogP contribution is 2.11. The van der Waals surface area contributed by atoms with E-state index in [9.17, 15) is 4.79 Å². The number of nitrogens with zero attached hydrogens (tertiary/aromatic N) is 2. The van der Waals surface area contributed by atoms with Crippen LogP contribution in [0, 0.1) is 6.92 Å². The minimum absolute atomic E-state index is 0.0390. The number of carbonyl (C=O) groups excluding carboxylic acids is 1. The van der Waals surface area contributed by atoms with Crippen molar-refractivity contribution in [3.63, 3.8) is 0 Å². The maximum Gasteiger partial charge on any atom is 0.341 e. The first-order chi connectivity index (χ1) is 8.58. The van der Waals surface area contributed by atoms with E-state index in [2.05, 4.69) is 15.3 Å². The highest BCUT2D eigenvalue weighted by atomic mass is 16.5. The Bertz CT molecular complexity index is 410. The zero-order valence-corrected chi connectivity index (χ0v) is 11.2. The third-order valence-corrected chi connectivity index (χ3v) is 2.25. The van der Waals surface area contributed by atoms with Gasteiger partial charge in [0.25, 0.3) is 0 Å². The third kappa shape index (κ3) is 3.96. The van der Waals surface area contributed by atoms with Crippen molar-refractivity contribution in [1.29, 1.82) is 0 Å². The number of aryl methyl sites for hydroxylation is 1. The smallest absolute Gasteiger partial charge is 0.341 e. The van der Waals surface area contributed by atoms with E-state index in [-0.39, 0.29) is 12.1 Å². The molecule has 0 saturated carbocycles. The average Bonchev–Trinajstić information content (AvgIpc) is 2.29. The molecule has 1 aromatic heterocycles. The summed E-state index contributed by atoms with van der Waals surface area (Å²) < 4.78 is 10.4. The van der Waals surface area contributed by atoms with Crippen LogP contribution in [-0.4, -0.2) is 42.2 Å². The molecule has 0 radical (unpaired) electrons. The highest BCUT2D eigenvalue weighted by molar-refractivity contribution is 5.90. The molecule has 0 fully saturated rings. The van der Waals surface area contributed by atoms with Gasteiger partial charge in [0, 0.05) is 12.7 Å². The van der Waals surface area contributed by atoms with Gasteiger partial charge in [0.15, 0.2) is 0 Å². The number of ether oxygens (including phenoxy) is 2. The fourth-order valence-electron chi connectivity index (χ4n) is 1.42. The van der Waals surface area contributed by atoms with Crippen LogP contribution in [0.2, 0.25) is 0 Å². The maximum atomic E-state index is 11.5. The van der Waals surface area contributed by atoms with Gasteiger partial charge in [0.05, 0.1) is 17.9 Å². The lowest BCUT2D eigenvalue weighted by Crippen LogP contribution is -2.27. The standard InChI is InChI=1S/C12H19N3O3/c1-5-17-11(16)10-7-14-12(15-9(10)3)18-8(2)6-13-4/h7-8,13H,5-6H2,1-4H3. The third-order valence-electron chi connectivity index (χ3n) is 2.25. The normalized spacial score (nSPS) is 12.0. The van der Waals surface area contributed by atoms with Gasteiger partial charge in [-0.3, -0.25) is 0 Å². The molecular weight excluding hydrogens is 234 g/mol. The Hall–Kier alpha value is -1.69. The van der Waals surface area contributed by atoms with E-state index in [1.807, 2.05) is 14.0 Å². The van der Waals surface area contributed by atoms with Crippen LogP contribution in [0.25, 0.3) is 0 Å². The van der Waals surface area contributed by atoms with E-state index in [1.54, 1.807) is 13.8 Å². The van der Waals surface area contributed by atoms with Crippen LogP contribution < -0.4 is 10.1 Å². The molecule has 100 valence electrons. The molecule has 0 bridgehead atoms. The lowest BCUT2D eigenvalue weighted by molar-refractivity contribution is 0.0524. The molecule has 0 aromatic carbocycles. The van der Waals surface area contributed by atoms with E-state index >= 15 is 0 Å². The van der Waals surface area contributed by atoms with Crippen molar-refractivity contribution in [2.45, 2.75) is 26.9 Å². The van der Waals surface area contributed by atoms with Crippen molar-refractivity contribution < 1.29 is 14.3 Å². The number of nitrogens with one attached hydrogen (secondary N) is 1. The Morgan fingerprint density at radius 1 is 1.56 bits per heavy atom. The van der Waals surface area contributed by atoms with Gasteiger partial charge in [-0.2, -0.15) is 4.98 Å². The minimum atomic E-state index is -0.412. The molecule has 0 aliphatic carbocycles. The molecule has 0 aliphatic heterocycles. The zero-order valence-electron chi connectivity index (χ0n) is 11.2. The number of hydrogen-bond acceptors (Lipinski definition) is 6. The van der Waals surface area contributed by atoms with Crippen molar-refractivity contribution in [3.05, 3.63) is 17.5 Å². The van der Waals surface area contributed by atoms with Crippen LogP contribution >= 0.6 is 0 Å². The first kappa shape index (κ1) is 14.4. The van der Waals surface area contributed by atoms with Crippen molar-refractivity contribution in [2.24, 2.45) is 0 Å². The molecule has 1 N–H and O–H groups in total. The molecule has 1 atom stereocenters. The van der Waals surface area contributed by atoms with Crippen LogP contribution in [0.4, 0.5) is 0 Å². The Morgan fingerprint density at radius 2 is 2.28 bits per heavy atom. The number of rotatable bonds is 6. The maximum absolute atomic E-state index is 11.5. The summed E-state index contributed by atoms with van der Waals surface area (Å²) in [5.74, 6) is -0.412. The predicted octanol–water partition coefficient (Wildman–Crippen LogP) is 0.948. The molecule has 6 nitrogen and oxygen atoms in total. The lowest BCUT2D eigenvalue weighted by atomic mass is 10.2. The Kier molecular flexibility index (Phi) is 5.51. The summed E-state index contributed by atoms with van der Waals surface area (Å²) >= 11 is 0. The molecular formula is C12H19N3O3. The summed E-state index contributed by atoms with van der Waals surface area (Å²) in [7, 11) is 1.84. The molecule has 0 spiro atoms. The van der Waals surface area contributed by atoms with Gasteiger partial charge in [-0.05, 0) is 27.8 Å². The van der Waals surface area contributed by atoms with Gasteiger partial charge >= 0.3 is 12.0 Å². The fraction of sp³-hybridized carbons (Fsp3) is 0.583. The van der Waals surface area contributed by atoms with Crippen LogP contribution in [0.5, 0.6) is 6.01 Å². The van der Waals surface area contributed by atoms with Crippen molar-refractivity contribution in [1.82, 2.24) is 15.3 Å². The predicted molar refractivity (Wildman–Crippen MR) is 66.7 cm³/mol. The second kappa shape index (κ2) is 6.90. The number of likely N-dealkylation sites (N-methyl/N-ethyl adjacent to an activating group) is 1.